The third kappa shape index (κ3) is 6.25. The molecule has 0 saturated carbocycles. The van der Waals surface area contributed by atoms with Crippen LogP contribution < -0.4 is 24.4 Å². The first-order valence-electron chi connectivity index (χ1n) is 13.4. The smallest absolute Gasteiger partial charge is 0.249 e. The van der Waals surface area contributed by atoms with Gasteiger partial charge in [-0.15, -0.1) is 5.10 Å². The van der Waals surface area contributed by atoms with Gasteiger partial charge < -0.3 is 19.5 Å². The van der Waals surface area contributed by atoms with E-state index in [0.717, 1.165) is 5.56 Å². The van der Waals surface area contributed by atoms with Gasteiger partial charge in [-0.1, -0.05) is 47.7 Å². The summed E-state index contributed by atoms with van der Waals surface area (Å²) < 4.78 is 32.1. The Morgan fingerprint density at radius 2 is 1.53 bits per heavy atom. The van der Waals surface area contributed by atoms with Crippen LogP contribution in [0.25, 0.3) is 11.0 Å². The van der Waals surface area contributed by atoms with Gasteiger partial charge in [0.25, 0.3) is 0 Å². The number of carbonyl (C=O) groups is 2. The number of fused-ring (bicyclic) bond motifs is 1. The third-order valence-corrected chi connectivity index (χ3v) is 6.90. The lowest BCUT2D eigenvalue weighted by atomic mass is 10.0. The highest BCUT2D eigenvalue weighted by molar-refractivity contribution is 6.01. The van der Waals surface area contributed by atoms with E-state index in [0.29, 0.717) is 39.5 Å². The highest BCUT2D eigenvalue weighted by Crippen LogP contribution is 2.41. The fraction of sp³-hybridized carbons (Fsp3) is 0.188. The quantitative estimate of drug-likeness (QED) is 0.240. The number of halogens is 1. The second-order valence-electron chi connectivity index (χ2n) is 9.54. The van der Waals surface area contributed by atoms with Crippen molar-refractivity contribution in [3.63, 3.8) is 0 Å². The number of aromatic nitrogens is 3. The van der Waals surface area contributed by atoms with E-state index in [2.05, 4.69) is 15.6 Å². The Hall–Kier alpha value is -5.45. The number of benzene rings is 4. The number of carbonyl (C=O) groups excluding carboxylic acids is 2. The Labute approximate surface area is 247 Å². The van der Waals surface area contributed by atoms with Crippen LogP contribution in [0, 0.1) is 5.82 Å². The first-order valence-corrected chi connectivity index (χ1v) is 13.4. The number of rotatable bonds is 11. The van der Waals surface area contributed by atoms with Crippen LogP contribution >= 0.6 is 0 Å². The van der Waals surface area contributed by atoms with E-state index in [-0.39, 0.29) is 13.1 Å². The minimum Gasteiger partial charge on any atom is -0.493 e. The minimum atomic E-state index is -1.23. The summed E-state index contributed by atoms with van der Waals surface area (Å²) in [5.74, 6) is -0.546. The molecular formula is C32H30FN5O5. The van der Waals surface area contributed by atoms with Gasteiger partial charge in [-0.25, -0.2) is 9.07 Å². The number of hydrogen-bond donors (Lipinski definition) is 1. The van der Waals surface area contributed by atoms with Crippen molar-refractivity contribution in [3.05, 3.63) is 108 Å². The summed E-state index contributed by atoms with van der Waals surface area (Å²) in [6.07, 6.45) is 0. The number of nitrogens with one attached hydrogen (secondary N) is 1. The number of anilines is 1. The van der Waals surface area contributed by atoms with Crippen molar-refractivity contribution in [1.82, 2.24) is 20.3 Å². The monoisotopic (exact) mass is 583 g/mol. The van der Waals surface area contributed by atoms with Crippen LogP contribution in [0.3, 0.4) is 0 Å². The molecule has 5 aromatic rings. The Morgan fingerprint density at radius 1 is 0.884 bits per heavy atom. The molecule has 0 bridgehead atoms. The van der Waals surface area contributed by atoms with Crippen LogP contribution in [0.4, 0.5) is 10.1 Å². The standard InChI is InChI=1S/C32H30FN5O5/c1-41-27-17-22(18-28(42-2)31(27)43-3)30(32(40)34-19-21-9-5-4-6-10-21)38(24-15-13-23(33)14-16-24)29(39)20-37-26-12-8-7-11-25(26)35-36-37/h4-18,30H,19-20H2,1-3H3,(H,34,40). The molecule has 43 heavy (non-hydrogen) atoms. The number of para-hydroxylation sites is 1. The molecule has 1 atom stereocenters. The molecule has 0 saturated heterocycles. The molecule has 2 amide bonds. The summed E-state index contributed by atoms with van der Waals surface area (Å²) in [6.45, 7) is -0.0372. The van der Waals surface area contributed by atoms with Crippen LogP contribution in [0.1, 0.15) is 17.2 Å². The van der Waals surface area contributed by atoms with Gasteiger partial charge in [-0.3, -0.25) is 14.5 Å². The molecule has 0 radical (unpaired) electrons. The van der Waals surface area contributed by atoms with Crippen molar-refractivity contribution in [2.75, 3.05) is 26.2 Å². The predicted molar refractivity (Wildman–Crippen MR) is 159 cm³/mol. The van der Waals surface area contributed by atoms with Crippen molar-refractivity contribution in [2.24, 2.45) is 0 Å². The average molecular weight is 584 g/mol. The Morgan fingerprint density at radius 3 is 2.19 bits per heavy atom. The fourth-order valence-corrected chi connectivity index (χ4v) is 4.84. The van der Waals surface area contributed by atoms with E-state index in [4.69, 9.17) is 14.2 Å². The first-order chi connectivity index (χ1) is 20.9. The summed E-state index contributed by atoms with van der Waals surface area (Å²) in [5.41, 5.74) is 2.80. The lowest BCUT2D eigenvalue weighted by Crippen LogP contribution is -2.45. The second kappa shape index (κ2) is 13.0. The molecule has 0 aliphatic rings. The van der Waals surface area contributed by atoms with Gasteiger partial charge >= 0.3 is 0 Å². The largest absolute Gasteiger partial charge is 0.493 e. The Bertz CT molecular complexity index is 1700. The summed E-state index contributed by atoms with van der Waals surface area (Å²) in [5, 5.41) is 11.3. The SMILES string of the molecule is COc1cc(C(C(=O)NCc2ccccc2)N(C(=O)Cn2nnc3ccccc32)c2ccc(F)cc2)cc(OC)c1OC. The molecule has 0 aliphatic carbocycles. The first kappa shape index (κ1) is 29.1. The zero-order valence-corrected chi connectivity index (χ0v) is 23.9. The molecular weight excluding hydrogens is 553 g/mol. The number of amides is 2. The van der Waals surface area contributed by atoms with Gasteiger partial charge in [0.1, 0.15) is 23.9 Å². The van der Waals surface area contributed by atoms with E-state index >= 15 is 0 Å². The molecule has 0 spiro atoms. The van der Waals surface area contributed by atoms with Crippen molar-refractivity contribution < 1.29 is 28.2 Å². The van der Waals surface area contributed by atoms with Crippen LogP contribution in [-0.4, -0.2) is 48.1 Å². The Balaban J connectivity index is 1.63. The van der Waals surface area contributed by atoms with Crippen molar-refractivity contribution in [2.45, 2.75) is 19.1 Å². The summed E-state index contributed by atoms with van der Waals surface area (Å²) in [4.78, 5) is 29.7. The number of methoxy groups -OCH3 is 3. The normalized spacial score (nSPS) is 11.5. The molecule has 1 heterocycles. The molecule has 4 aromatic carbocycles. The maximum absolute atomic E-state index is 14.2. The number of ether oxygens (including phenoxy) is 3. The third-order valence-electron chi connectivity index (χ3n) is 6.90. The summed E-state index contributed by atoms with van der Waals surface area (Å²) >= 11 is 0. The van der Waals surface area contributed by atoms with Gasteiger partial charge in [-0.2, -0.15) is 0 Å². The predicted octanol–water partition coefficient (Wildman–Crippen LogP) is 4.69. The van der Waals surface area contributed by atoms with Crippen molar-refractivity contribution >= 4 is 28.5 Å². The van der Waals surface area contributed by atoms with Gasteiger partial charge in [-0.05, 0) is 59.7 Å². The lowest BCUT2D eigenvalue weighted by molar-refractivity contribution is -0.127. The molecule has 1 aromatic heterocycles. The number of hydrogen-bond acceptors (Lipinski definition) is 7. The lowest BCUT2D eigenvalue weighted by Gasteiger charge is -2.32. The average Bonchev–Trinajstić information content (AvgIpc) is 3.45. The van der Waals surface area contributed by atoms with Crippen LogP contribution in [-0.2, 0) is 22.7 Å². The molecule has 11 heteroatoms. The topological polar surface area (TPSA) is 108 Å². The van der Waals surface area contributed by atoms with E-state index in [1.165, 1.54) is 55.2 Å². The van der Waals surface area contributed by atoms with Gasteiger partial charge in [0, 0.05) is 12.2 Å². The highest BCUT2D eigenvalue weighted by Gasteiger charge is 2.35. The molecule has 220 valence electrons. The zero-order valence-electron chi connectivity index (χ0n) is 23.9. The maximum atomic E-state index is 14.2. The highest BCUT2D eigenvalue weighted by atomic mass is 19.1. The van der Waals surface area contributed by atoms with Gasteiger partial charge in [0.2, 0.25) is 17.6 Å². The van der Waals surface area contributed by atoms with Gasteiger partial charge in [0.15, 0.2) is 11.5 Å². The van der Waals surface area contributed by atoms with Crippen LogP contribution in [0.2, 0.25) is 0 Å². The fourth-order valence-electron chi connectivity index (χ4n) is 4.84. The van der Waals surface area contributed by atoms with E-state index in [9.17, 15) is 14.0 Å². The molecule has 1 N–H and O–H groups in total. The van der Waals surface area contributed by atoms with Crippen LogP contribution in [0.15, 0.2) is 91.0 Å². The minimum absolute atomic E-state index is 0.208. The maximum Gasteiger partial charge on any atom is 0.249 e. The van der Waals surface area contributed by atoms with Crippen LogP contribution in [0.5, 0.6) is 17.2 Å². The molecule has 5 rings (SSSR count). The number of nitrogens with zero attached hydrogens (tertiary/aromatic N) is 4. The van der Waals surface area contributed by atoms with Crippen molar-refractivity contribution in [3.8, 4) is 17.2 Å². The Kier molecular flexibility index (Phi) is 8.80. The zero-order chi connectivity index (χ0) is 30.3. The van der Waals surface area contributed by atoms with Crippen molar-refractivity contribution in [1.29, 1.82) is 0 Å². The van der Waals surface area contributed by atoms with E-state index in [1.54, 1.807) is 24.3 Å². The summed E-state index contributed by atoms with van der Waals surface area (Å²) in [7, 11) is 4.40. The molecule has 10 nitrogen and oxygen atoms in total. The second-order valence-corrected chi connectivity index (χ2v) is 9.54. The molecule has 1 unspecified atom stereocenters. The van der Waals surface area contributed by atoms with Gasteiger partial charge in [0.05, 0.1) is 26.8 Å². The summed E-state index contributed by atoms with van der Waals surface area (Å²) in [6, 6.07) is 24.0. The molecule has 0 aliphatic heterocycles. The molecule has 0 fully saturated rings. The van der Waals surface area contributed by atoms with E-state index in [1.807, 2.05) is 42.5 Å². The van der Waals surface area contributed by atoms with E-state index < -0.39 is 23.7 Å².